The van der Waals surface area contributed by atoms with E-state index < -0.39 is 0 Å². The number of piperazine rings is 1. The Balaban J connectivity index is 0.00000161. The first-order valence-electron chi connectivity index (χ1n) is 6.69. The second-order valence-electron chi connectivity index (χ2n) is 4.87. The molecule has 114 valence electrons. The van der Waals surface area contributed by atoms with Crippen LogP contribution < -0.4 is 5.32 Å². The number of halogens is 3. The molecule has 1 aliphatic heterocycles. The highest BCUT2D eigenvalue weighted by molar-refractivity contribution is 9.10. The van der Waals surface area contributed by atoms with Crippen molar-refractivity contribution in [2.24, 2.45) is 0 Å². The molecule has 3 nitrogen and oxygen atoms in total. The SMILES string of the molecule is Cl.Fc1ccc(Br)cc1[C@H](c1ccco1)N1CCNCC1. The summed E-state index contributed by atoms with van der Waals surface area (Å²) in [7, 11) is 0. The van der Waals surface area contributed by atoms with Gasteiger partial charge in [0.1, 0.15) is 11.6 Å². The molecule has 1 N–H and O–H groups in total. The lowest BCUT2D eigenvalue weighted by Gasteiger charge is -2.34. The minimum atomic E-state index is -0.201. The van der Waals surface area contributed by atoms with Gasteiger partial charge in [0.15, 0.2) is 0 Å². The van der Waals surface area contributed by atoms with Gasteiger partial charge in [-0.25, -0.2) is 4.39 Å². The Morgan fingerprint density at radius 2 is 2.00 bits per heavy atom. The van der Waals surface area contributed by atoms with Crippen LogP contribution in [0.4, 0.5) is 4.39 Å². The monoisotopic (exact) mass is 374 g/mol. The van der Waals surface area contributed by atoms with Crippen LogP contribution in [0.2, 0.25) is 0 Å². The highest BCUT2D eigenvalue weighted by Crippen LogP contribution is 2.32. The van der Waals surface area contributed by atoms with Gasteiger partial charge in [0.25, 0.3) is 0 Å². The highest BCUT2D eigenvalue weighted by atomic mass is 79.9. The predicted molar refractivity (Wildman–Crippen MR) is 86.3 cm³/mol. The normalized spacial score (nSPS) is 17.2. The van der Waals surface area contributed by atoms with Crippen molar-refractivity contribution in [1.82, 2.24) is 10.2 Å². The molecule has 1 fully saturated rings. The maximum atomic E-state index is 14.3. The van der Waals surface area contributed by atoms with Crippen LogP contribution in [0.3, 0.4) is 0 Å². The van der Waals surface area contributed by atoms with E-state index in [1.54, 1.807) is 12.3 Å². The zero-order chi connectivity index (χ0) is 13.9. The Kier molecular flexibility index (Phi) is 5.81. The Hall–Kier alpha value is -0.880. The third-order valence-corrected chi connectivity index (χ3v) is 4.08. The van der Waals surface area contributed by atoms with Gasteiger partial charge in [0.2, 0.25) is 0 Å². The average Bonchev–Trinajstić information content (AvgIpc) is 2.98. The van der Waals surface area contributed by atoms with Crippen LogP contribution >= 0.6 is 28.3 Å². The fraction of sp³-hybridized carbons (Fsp3) is 0.333. The molecule has 0 aliphatic carbocycles. The van der Waals surface area contributed by atoms with Crippen molar-refractivity contribution in [3.05, 3.63) is 58.2 Å². The molecule has 0 saturated carbocycles. The smallest absolute Gasteiger partial charge is 0.128 e. The standard InChI is InChI=1S/C15H16BrFN2O.ClH/c16-11-3-4-13(17)12(10-11)15(14-2-1-9-20-14)19-7-5-18-6-8-19;/h1-4,9-10,15,18H,5-8H2;1H/t15-;/m1./s1. The van der Waals surface area contributed by atoms with Crippen molar-refractivity contribution >= 4 is 28.3 Å². The molecule has 0 amide bonds. The maximum absolute atomic E-state index is 14.3. The number of nitrogens with zero attached hydrogens (tertiary/aromatic N) is 1. The van der Waals surface area contributed by atoms with Gasteiger partial charge in [-0.05, 0) is 30.3 Å². The van der Waals surface area contributed by atoms with Gasteiger partial charge in [0.05, 0.1) is 12.3 Å². The number of rotatable bonds is 3. The topological polar surface area (TPSA) is 28.4 Å². The van der Waals surface area contributed by atoms with Gasteiger partial charge in [-0.1, -0.05) is 15.9 Å². The van der Waals surface area contributed by atoms with E-state index in [4.69, 9.17) is 4.42 Å². The number of hydrogen-bond acceptors (Lipinski definition) is 3. The summed E-state index contributed by atoms with van der Waals surface area (Å²) in [5.74, 6) is 0.581. The summed E-state index contributed by atoms with van der Waals surface area (Å²) in [4.78, 5) is 2.25. The molecule has 0 unspecified atom stereocenters. The second-order valence-corrected chi connectivity index (χ2v) is 5.79. The predicted octanol–water partition coefficient (Wildman–Crippen LogP) is 3.60. The molecule has 0 bridgehead atoms. The van der Waals surface area contributed by atoms with E-state index in [1.165, 1.54) is 6.07 Å². The van der Waals surface area contributed by atoms with Gasteiger partial charge >= 0.3 is 0 Å². The molecule has 6 heteroatoms. The first-order valence-corrected chi connectivity index (χ1v) is 7.48. The van der Waals surface area contributed by atoms with E-state index in [0.717, 1.165) is 36.4 Å². The van der Waals surface area contributed by atoms with Crippen LogP contribution in [-0.4, -0.2) is 31.1 Å². The number of nitrogens with one attached hydrogen (secondary N) is 1. The lowest BCUT2D eigenvalue weighted by molar-refractivity contribution is 0.177. The van der Waals surface area contributed by atoms with Gasteiger partial charge in [-0.3, -0.25) is 4.90 Å². The van der Waals surface area contributed by atoms with Crippen molar-refractivity contribution in [3.63, 3.8) is 0 Å². The maximum Gasteiger partial charge on any atom is 0.128 e. The highest BCUT2D eigenvalue weighted by Gasteiger charge is 2.28. The average molecular weight is 376 g/mol. The largest absolute Gasteiger partial charge is 0.467 e. The molecule has 1 saturated heterocycles. The molecule has 0 spiro atoms. The number of furan rings is 1. The number of hydrogen-bond donors (Lipinski definition) is 1. The second kappa shape index (κ2) is 7.40. The van der Waals surface area contributed by atoms with Gasteiger partial charge in [0, 0.05) is 36.2 Å². The van der Waals surface area contributed by atoms with E-state index in [0.29, 0.717) is 5.56 Å². The molecular formula is C15H17BrClFN2O. The first kappa shape index (κ1) is 16.5. The summed E-state index contributed by atoms with van der Waals surface area (Å²) in [6.45, 7) is 3.56. The molecule has 3 rings (SSSR count). The first-order chi connectivity index (χ1) is 9.75. The van der Waals surface area contributed by atoms with Crippen molar-refractivity contribution in [2.75, 3.05) is 26.2 Å². The van der Waals surface area contributed by atoms with E-state index in [1.807, 2.05) is 18.2 Å². The number of benzene rings is 1. The van der Waals surface area contributed by atoms with Gasteiger partial charge < -0.3 is 9.73 Å². The Bertz CT molecular complexity index is 573. The van der Waals surface area contributed by atoms with Gasteiger partial charge in [-0.15, -0.1) is 12.4 Å². The van der Waals surface area contributed by atoms with Crippen LogP contribution in [0.25, 0.3) is 0 Å². The molecule has 1 aromatic heterocycles. The molecule has 1 aliphatic rings. The molecule has 2 heterocycles. The minimum Gasteiger partial charge on any atom is -0.467 e. The van der Waals surface area contributed by atoms with Crippen LogP contribution in [0.15, 0.2) is 45.5 Å². The van der Waals surface area contributed by atoms with Crippen molar-refractivity contribution in [2.45, 2.75) is 6.04 Å². The van der Waals surface area contributed by atoms with E-state index >= 15 is 0 Å². The Morgan fingerprint density at radius 3 is 2.67 bits per heavy atom. The summed E-state index contributed by atoms with van der Waals surface area (Å²) in [6, 6.07) is 8.63. The molecule has 0 radical (unpaired) electrons. The van der Waals surface area contributed by atoms with E-state index in [2.05, 4.69) is 26.1 Å². The third kappa shape index (κ3) is 3.66. The summed E-state index contributed by atoms with van der Waals surface area (Å²) in [6.07, 6.45) is 1.64. The van der Waals surface area contributed by atoms with E-state index in [-0.39, 0.29) is 24.3 Å². The lowest BCUT2D eigenvalue weighted by atomic mass is 10.0. The molecule has 21 heavy (non-hydrogen) atoms. The summed E-state index contributed by atoms with van der Waals surface area (Å²) in [5.41, 5.74) is 0.649. The van der Waals surface area contributed by atoms with Crippen molar-refractivity contribution in [1.29, 1.82) is 0 Å². The molecule has 1 aromatic carbocycles. The minimum absolute atomic E-state index is 0. The van der Waals surface area contributed by atoms with Crippen LogP contribution in [0.5, 0.6) is 0 Å². The Labute approximate surface area is 138 Å². The van der Waals surface area contributed by atoms with Crippen LogP contribution in [-0.2, 0) is 0 Å². The fourth-order valence-corrected chi connectivity index (χ4v) is 3.02. The lowest BCUT2D eigenvalue weighted by Crippen LogP contribution is -2.45. The van der Waals surface area contributed by atoms with Crippen molar-refractivity contribution < 1.29 is 8.81 Å². The zero-order valence-corrected chi connectivity index (χ0v) is 13.8. The van der Waals surface area contributed by atoms with Crippen LogP contribution in [0, 0.1) is 5.82 Å². The van der Waals surface area contributed by atoms with E-state index in [9.17, 15) is 4.39 Å². The quantitative estimate of drug-likeness (QED) is 0.888. The molecular weight excluding hydrogens is 359 g/mol. The summed E-state index contributed by atoms with van der Waals surface area (Å²) >= 11 is 3.42. The third-order valence-electron chi connectivity index (χ3n) is 3.58. The van der Waals surface area contributed by atoms with Crippen LogP contribution in [0.1, 0.15) is 17.4 Å². The molecule has 2 aromatic rings. The summed E-state index contributed by atoms with van der Waals surface area (Å²) < 4.78 is 20.7. The Morgan fingerprint density at radius 1 is 1.24 bits per heavy atom. The fourth-order valence-electron chi connectivity index (χ4n) is 2.64. The summed E-state index contributed by atoms with van der Waals surface area (Å²) in [5, 5.41) is 3.32. The zero-order valence-electron chi connectivity index (χ0n) is 11.4. The van der Waals surface area contributed by atoms with Crippen molar-refractivity contribution in [3.8, 4) is 0 Å². The van der Waals surface area contributed by atoms with Gasteiger partial charge in [-0.2, -0.15) is 0 Å². The molecule has 1 atom stereocenters.